The number of unbranched alkanes of at least 4 members (excludes halogenated alkanes) is 1. The maximum atomic E-state index is 12.7. The molecule has 2 N–H and O–H groups in total. The van der Waals surface area contributed by atoms with E-state index < -0.39 is 0 Å². The van der Waals surface area contributed by atoms with E-state index in [0.717, 1.165) is 90.4 Å². The van der Waals surface area contributed by atoms with E-state index in [-0.39, 0.29) is 0 Å². The molecule has 2 aliphatic heterocycles. The fourth-order valence-corrected chi connectivity index (χ4v) is 4.69. The van der Waals surface area contributed by atoms with Gasteiger partial charge in [-0.05, 0) is 58.0 Å². The van der Waals surface area contributed by atoms with E-state index in [0.29, 0.717) is 30.7 Å². The van der Waals surface area contributed by atoms with Gasteiger partial charge in [-0.2, -0.15) is 0 Å². The molecule has 0 aliphatic carbocycles. The molecule has 5 heteroatoms. The van der Waals surface area contributed by atoms with E-state index in [1.807, 2.05) is 0 Å². The van der Waals surface area contributed by atoms with Gasteiger partial charge in [-0.15, -0.1) is 0 Å². The molecule has 0 aromatic rings. The van der Waals surface area contributed by atoms with Gasteiger partial charge in [-0.25, -0.2) is 0 Å². The number of hydrogen-bond donors (Lipinski definition) is 1. The topological polar surface area (TPSA) is 66.6 Å². The van der Waals surface area contributed by atoms with Gasteiger partial charge < -0.3 is 10.6 Å². The van der Waals surface area contributed by atoms with Gasteiger partial charge in [-0.3, -0.25) is 14.5 Å². The summed E-state index contributed by atoms with van der Waals surface area (Å²) in [4.78, 5) is 29.8. The Hall–Kier alpha value is -0.940. The minimum atomic E-state index is 0.326. The monoisotopic (exact) mass is 393 g/mol. The second-order valence-electron chi connectivity index (χ2n) is 8.78. The average molecular weight is 394 g/mol. The van der Waals surface area contributed by atoms with E-state index >= 15 is 0 Å². The molecule has 2 aliphatic rings. The van der Waals surface area contributed by atoms with Gasteiger partial charge in [0.15, 0.2) is 0 Å². The molecule has 2 saturated heterocycles. The van der Waals surface area contributed by atoms with E-state index in [1.165, 1.54) is 25.7 Å². The zero-order chi connectivity index (χ0) is 20.0. The minimum Gasteiger partial charge on any atom is -0.343 e. The molecule has 1 atom stereocenters. The van der Waals surface area contributed by atoms with Gasteiger partial charge in [0.25, 0.3) is 0 Å². The molecule has 0 saturated carbocycles. The van der Waals surface area contributed by atoms with Crippen LogP contribution in [0.15, 0.2) is 0 Å². The van der Waals surface area contributed by atoms with Crippen LogP contribution in [-0.2, 0) is 9.59 Å². The molecule has 2 heterocycles. The van der Waals surface area contributed by atoms with Crippen molar-refractivity contribution in [2.24, 2.45) is 5.73 Å². The second kappa shape index (κ2) is 14.1. The first-order valence-corrected chi connectivity index (χ1v) is 11.9. The molecule has 28 heavy (non-hydrogen) atoms. The number of amides is 1. The molecule has 0 aromatic heterocycles. The third kappa shape index (κ3) is 9.04. The number of rotatable bonds is 4. The lowest BCUT2D eigenvalue weighted by molar-refractivity contribution is -0.131. The first kappa shape index (κ1) is 23.3. The van der Waals surface area contributed by atoms with Crippen molar-refractivity contribution < 1.29 is 9.59 Å². The van der Waals surface area contributed by atoms with Crippen molar-refractivity contribution in [3.05, 3.63) is 0 Å². The Labute approximate surface area is 172 Å². The van der Waals surface area contributed by atoms with Gasteiger partial charge >= 0.3 is 0 Å². The van der Waals surface area contributed by atoms with Crippen LogP contribution in [0, 0.1) is 0 Å². The summed E-state index contributed by atoms with van der Waals surface area (Å²) >= 11 is 0. The quantitative estimate of drug-likeness (QED) is 0.736. The number of hydrogen-bond acceptors (Lipinski definition) is 4. The average Bonchev–Trinajstić information content (AvgIpc) is 2.69. The Morgan fingerprint density at radius 1 is 0.786 bits per heavy atom. The van der Waals surface area contributed by atoms with Crippen molar-refractivity contribution in [2.75, 3.05) is 32.7 Å². The first-order chi connectivity index (χ1) is 13.7. The summed E-state index contributed by atoms with van der Waals surface area (Å²) in [7, 11) is 0. The molecular weight excluding hydrogens is 350 g/mol. The lowest BCUT2D eigenvalue weighted by Crippen LogP contribution is -2.42. The minimum absolute atomic E-state index is 0.326. The van der Waals surface area contributed by atoms with Crippen LogP contribution in [-0.4, -0.2) is 60.3 Å². The third-order valence-electron chi connectivity index (χ3n) is 6.42. The Morgan fingerprint density at radius 2 is 1.50 bits per heavy atom. The van der Waals surface area contributed by atoms with Gasteiger partial charge in [-0.1, -0.05) is 32.1 Å². The van der Waals surface area contributed by atoms with Crippen molar-refractivity contribution in [1.82, 2.24) is 9.80 Å². The van der Waals surface area contributed by atoms with Gasteiger partial charge in [0.2, 0.25) is 5.91 Å². The molecule has 5 nitrogen and oxygen atoms in total. The molecule has 1 amide bonds. The molecular formula is C23H43N3O2. The predicted molar refractivity (Wildman–Crippen MR) is 115 cm³/mol. The van der Waals surface area contributed by atoms with Crippen molar-refractivity contribution in [3.8, 4) is 0 Å². The summed E-state index contributed by atoms with van der Waals surface area (Å²) in [6.07, 6.45) is 15.5. The van der Waals surface area contributed by atoms with E-state index in [1.54, 1.807) is 0 Å². The van der Waals surface area contributed by atoms with Crippen molar-refractivity contribution in [3.63, 3.8) is 0 Å². The van der Waals surface area contributed by atoms with Crippen LogP contribution in [0.4, 0.5) is 0 Å². The Morgan fingerprint density at radius 3 is 2.29 bits per heavy atom. The SMILES string of the molecule is NCCCCN1CCCN2CCCCC2CC(=O)CCCCCCCCC1=O. The van der Waals surface area contributed by atoms with Crippen molar-refractivity contribution in [2.45, 2.75) is 102 Å². The number of nitrogens with two attached hydrogens (primary N) is 1. The van der Waals surface area contributed by atoms with Gasteiger partial charge in [0.05, 0.1) is 0 Å². The number of piperidine rings is 1. The Kier molecular flexibility index (Phi) is 11.8. The molecule has 2 rings (SSSR count). The zero-order valence-corrected chi connectivity index (χ0v) is 18.0. The highest BCUT2D eigenvalue weighted by Crippen LogP contribution is 2.22. The summed E-state index contributed by atoms with van der Waals surface area (Å²) in [5, 5.41) is 0. The highest BCUT2D eigenvalue weighted by atomic mass is 16.2. The zero-order valence-electron chi connectivity index (χ0n) is 18.0. The first-order valence-electron chi connectivity index (χ1n) is 11.9. The van der Waals surface area contributed by atoms with E-state index in [9.17, 15) is 9.59 Å². The molecule has 1 unspecified atom stereocenters. The molecule has 0 aromatic carbocycles. The lowest BCUT2D eigenvalue weighted by atomic mass is 9.95. The number of carbonyl (C=O) groups excluding carboxylic acids is 2. The fourth-order valence-electron chi connectivity index (χ4n) is 4.69. The third-order valence-corrected chi connectivity index (χ3v) is 6.42. The predicted octanol–water partition coefficient (Wildman–Crippen LogP) is 3.89. The summed E-state index contributed by atoms with van der Waals surface area (Å²) in [5.74, 6) is 0.784. The summed E-state index contributed by atoms with van der Waals surface area (Å²) in [6.45, 7) is 4.52. The Bertz CT molecular complexity index is 455. The highest BCUT2D eigenvalue weighted by molar-refractivity contribution is 5.79. The van der Waals surface area contributed by atoms with Crippen LogP contribution in [0.5, 0.6) is 0 Å². The van der Waals surface area contributed by atoms with E-state index in [4.69, 9.17) is 5.73 Å². The fraction of sp³-hybridized carbons (Fsp3) is 0.913. The second-order valence-corrected chi connectivity index (χ2v) is 8.78. The van der Waals surface area contributed by atoms with Crippen LogP contribution in [0.1, 0.15) is 96.3 Å². The van der Waals surface area contributed by atoms with Crippen LogP contribution >= 0.6 is 0 Å². The lowest BCUT2D eigenvalue weighted by Gasteiger charge is -2.36. The van der Waals surface area contributed by atoms with Crippen LogP contribution in [0.25, 0.3) is 0 Å². The standard InChI is InChI=1S/C23H43N3O2/c24-15-8-10-17-26-19-11-18-25-16-9-7-12-21(25)20-22(27)13-5-3-1-2-4-6-14-23(26)28/h21H,1-20,24H2. The van der Waals surface area contributed by atoms with E-state index in [2.05, 4.69) is 9.80 Å². The van der Waals surface area contributed by atoms with Gasteiger partial charge in [0, 0.05) is 44.9 Å². The number of carbonyl (C=O) groups is 2. The number of ketones is 1. The van der Waals surface area contributed by atoms with Gasteiger partial charge in [0.1, 0.15) is 5.78 Å². The molecule has 0 bridgehead atoms. The highest BCUT2D eigenvalue weighted by Gasteiger charge is 2.24. The summed E-state index contributed by atoms with van der Waals surface area (Å²) in [5.41, 5.74) is 5.64. The van der Waals surface area contributed by atoms with Crippen LogP contribution in [0.2, 0.25) is 0 Å². The number of fused-ring (bicyclic) bond motifs is 1. The summed E-state index contributed by atoms with van der Waals surface area (Å²) < 4.78 is 0. The number of nitrogens with zero attached hydrogens (tertiary/aromatic N) is 2. The maximum Gasteiger partial charge on any atom is 0.222 e. The number of Topliss-reactive ketones (excluding diaryl/α,β-unsaturated/α-hetero) is 1. The maximum absolute atomic E-state index is 12.7. The smallest absolute Gasteiger partial charge is 0.222 e. The molecule has 2 fully saturated rings. The normalized spacial score (nSPS) is 25.3. The van der Waals surface area contributed by atoms with Crippen LogP contribution < -0.4 is 5.73 Å². The Balaban J connectivity index is 1.93. The molecule has 162 valence electrons. The molecule has 0 spiro atoms. The summed E-state index contributed by atoms with van der Waals surface area (Å²) in [6, 6.07) is 0.429. The largest absolute Gasteiger partial charge is 0.343 e. The van der Waals surface area contributed by atoms with Crippen molar-refractivity contribution in [1.29, 1.82) is 0 Å². The molecule has 0 radical (unpaired) electrons. The van der Waals surface area contributed by atoms with Crippen molar-refractivity contribution >= 4 is 11.7 Å². The van der Waals surface area contributed by atoms with Crippen LogP contribution in [0.3, 0.4) is 0 Å².